The summed E-state index contributed by atoms with van der Waals surface area (Å²) in [7, 11) is 0. The standard InChI is InChI=1S/C12H14O3S3/c13-18(14-7-5-11-3-1-9-16-11)15-8-6-12-4-2-10-17-12/h1-4,9-10H,5-8H2. The molecule has 0 N–H and O–H groups in total. The van der Waals surface area contributed by atoms with Crippen molar-refractivity contribution in [2.45, 2.75) is 12.8 Å². The van der Waals surface area contributed by atoms with Crippen LogP contribution < -0.4 is 0 Å². The first-order valence-corrected chi connectivity index (χ1v) is 8.33. The molecule has 0 aliphatic heterocycles. The molecule has 0 atom stereocenters. The molecule has 0 fully saturated rings. The number of rotatable bonds is 8. The molecule has 18 heavy (non-hydrogen) atoms. The van der Waals surface area contributed by atoms with Crippen molar-refractivity contribution in [2.75, 3.05) is 13.2 Å². The van der Waals surface area contributed by atoms with E-state index in [1.807, 2.05) is 35.0 Å². The minimum Gasteiger partial charge on any atom is -0.268 e. The van der Waals surface area contributed by atoms with Gasteiger partial charge < -0.3 is 0 Å². The zero-order valence-corrected chi connectivity index (χ0v) is 12.2. The van der Waals surface area contributed by atoms with E-state index in [1.165, 1.54) is 9.75 Å². The number of hydrogen-bond acceptors (Lipinski definition) is 5. The third kappa shape index (κ3) is 4.99. The second-order valence-electron chi connectivity index (χ2n) is 3.51. The van der Waals surface area contributed by atoms with Gasteiger partial charge in [0.05, 0.1) is 13.2 Å². The fourth-order valence-electron chi connectivity index (χ4n) is 1.36. The van der Waals surface area contributed by atoms with E-state index in [9.17, 15) is 4.21 Å². The van der Waals surface area contributed by atoms with Gasteiger partial charge >= 0.3 is 11.4 Å². The first kappa shape index (κ1) is 13.9. The molecule has 0 aromatic carbocycles. The maximum Gasteiger partial charge on any atom is 0.304 e. The Bertz CT molecular complexity index is 409. The molecule has 0 bridgehead atoms. The Balaban J connectivity index is 1.55. The van der Waals surface area contributed by atoms with Crippen molar-refractivity contribution in [3.63, 3.8) is 0 Å². The molecule has 2 rings (SSSR count). The van der Waals surface area contributed by atoms with Gasteiger partial charge in [-0.2, -0.15) is 4.21 Å². The molecular weight excluding hydrogens is 288 g/mol. The lowest BCUT2D eigenvalue weighted by atomic mass is 10.4. The highest BCUT2D eigenvalue weighted by Gasteiger charge is 2.03. The van der Waals surface area contributed by atoms with E-state index in [4.69, 9.17) is 8.37 Å². The van der Waals surface area contributed by atoms with Gasteiger partial charge in [0.1, 0.15) is 0 Å². The highest BCUT2D eigenvalue weighted by Crippen LogP contribution is 2.10. The summed E-state index contributed by atoms with van der Waals surface area (Å²) < 4.78 is 21.6. The fraction of sp³-hybridized carbons (Fsp3) is 0.333. The normalized spacial score (nSPS) is 11.2. The fourth-order valence-corrected chi connectivity index (χ4v) is 3.25. The molecule has 0 unspecified atom stereocenters. The van der Waals surface area contributed by atoms with E-state index in [2.05, 4.69) is 0 Å². The Morgan fingerprint density at radius 1 is 0.944 bits per heavy atom. The van der Waals surface area contributed by atoms with Gasteiger partial charge in [-0.05, 0) is 22.9 Å². The highest BCUT2D eigenvalue weighted by atomic mass is 32.2. The van der Waals surface area contributed by atoms with Crippen molar-refractivity contribution in [3.8, 4) is 0 Å². The van der Waals surface area contributed by atoms with Gasteiger partial charge in [0, 0.05) is 22.6 Å². The average molecular weight is 302 g/mol. The topological polar surface area (TPSA) is 35.5 Å². The van der Waals surface area contributed by atoms with Crippen LogP contribution in [0, 0.1) is 0 Å². The summed E-state index contributed by atoms with van der Waals surface area (Å²) in [4.78, 5) is 2.45. The molecule has 2 aromatic heterocycles. The van der Waals surface area contributed by atoms with E-state index in [0.29, 0.717) is 13.2 Å². The molecule has 0 amide bonds. The van der Waals surface area contributed by atoms with Gasteiger partial charge in [0.25, 0.3) is 0 Å². The summed E-state index contributed by atoms with van der Waals surface area (Å²) in [6, 6.07) is 8.06. The van der Waals surface area contributed by atoms with E-state index in [-0.39, 0.29) is 0 Å². The van der Waals surface area contributed by atoms with Crippen molar-refractivity contribution in [3.05, 3.63) is 44.8 Å². The van der Waals surface area contributed by atoms with Gasteiger partial charge in [-0.25, -0.2) is 0 Å². The minimum atomic E-state index is -1.63. The Kier molecular flexibility index (Phi) is 6.02. The van der Waals surface area contributed by atoms with Crippen LogP contribution in [0.1, 0.15) is 9.75 Å². The first-order chi connectivity index (χ1) is 8.84. The maximum atomic E-state index is 11.4. The van der Waals surface area contributed by atoms with E-state index >= 15 is 0 Å². The quantitative estimate of drug-likeness (QED) is 0.751. The Hall–Kier alpha value is -0.530. The molecule has 0 saturated heterocycles. The predicted molar refractivity (Wildman–Crippen MR) is 76.1 cm³/mol. The second kappa shape index (κ2) is 7.81. The smallest absolute Gasteiger partial charge is 0.268 e. The third-order valence-electron chi connectivity index (χ3n) is 2.22. The van der Waals surface area contributed by atoms with Crippen molar-refractivity contribution in [1.82, 2.24) is 0 Å². The molecule has 3 nitrogen and oxygen atoms in total. The summed E-state index contributed by atoms with van der Waals surface area (Å²) >= 11 is 1.71. The predicted octanol–water partition coefficient (Wildman–Crippen LogP) is 3.21. The van der Waals surface area contributed by atoms with Crippen LogP contribution in [-0.2, 0) is 32.6 Å². The zero-order chi connectivity index (χ0) is 12.6. The van der Waals surface area contributed by atoms with Crippen LogP contribution in [0.3, 0.4) is 0 Å². The van der Waals surface area contributed by atoms with Crippen LogP contribution in [0.5, 0.6) is 0 Å². The van der Waals surface area contributed by atoms with Gasteiger partial charge in [-0.15, -0.1) is 22.7 Å². The van der Waals surface area contributed by atoms with Gasteiger partial charge in [0.15, 0.2) is 0 Å². The van der Waals surface area contributed by atoms with Crippen molar-refractivity contribution in [2.24, 2.45) is 0 Å². The molecule has 2 heterocycles. The Labute approximate surface area is 117 Å². The van der Waals surface area contributed by atoms with Gasteiger partial charge in [-0.1, -0.05) is 12.1 Å². The average Bonchev–Trinajstić information content (AvgIpc) is 3.01. The lowest BCUT2D eigenvalue weighted by Crippen LogP contribution is -2.07. The minimum absolute atomic E-state index is 0.423. The SMILES string of the molecule is O=S(OCCc1cccs1)OCCc1cccs1. The molecule has 0 saturated carbocycles. The van der Waals surface area contributed by atoms with Crippen molar-refractivity contribution in [1.29, 1.82) is 0 Å². The van der Waals surface area contributed by atoms with Crippen LogP contribution in [-0.4, -0.2) is 17.4 Å². The van der Waals surface area contributed by atoms with E-state index in [0.717, 1.165) is 12.8 Å². The summed E-state index contributed by atoms with van der Waals surface area (Å²) in [5.41, 5.74) is 0. The molecule has 0 aliphatic rings. The zero-order valence-electron chi connectivity index (χ0n) is 9.74. The molecule has 0 spiro atoms. The molecule has 6 heteroatoms. The summed E-state index contributed by atoms with van der Waals surface area (Å²) in [5.74, 6) is 0. The Morgan fingerprint density at radius 2 is 1.44 bits per heavy atom. The van der Waals surface area contributed by atoms with Gasteiger partial charge in [-0.3, -0.25) is 8.37 Å². The highest BCUT2D eigenvalue weighted by molar-refractivity contribution is 7.75. The molecule has 2 aromatic rings. The van der Waals surface area contributed by atoms with Crippen LogP contribution in [0.4, 0.5) is 0 Å². The number of thiophene rings is 2. The maximum absolute atomic E-state index is 11.4. The third-order valence-corrected chi connectivity index (χ3v) is 4.81. The molecule has 0 radical (unpaired) electrons. The van der Waals surface area contributed by atoms with Crippen LogP contribution in [0.2, 0.25) is 0 Å². The molecule has 0 aliphatic carbocycles. The lowest BCUT2D eigenvalue weighted by molar-refractivity contribution is 0.254. The summed E-state index contributed by atoms with van der Waals surface area (Å²) in [6.07, 6.45) is 1.55. The molecular formula is C12H14O3S3. The number of hydrogen-bond donors (Lipinski definition) is 0. The van der Waals surface area contributed by atoms with Crippen LogP contribution >= 0.6 is 22.7 Å². The Morgan fingerprint density at radius 3 is 1.83 bits per heavy atom. The van der Waals surface area contributed by atoms with Crippen molar-refractivity contribution < 1.29 is 12.6 Å². The first-order valence-electron chi connectivity index (χ1n) is 5.57. The second-order valence-corrected chi connectivity index (χ2v) is 6.45. The van der Waals surface area contributed by atoms with E-state index < -0.39 is 11.4 Å². The lowest BCUT2D eigenvalue weighted by Gasteiger charge is -2.02. The monoisotopic (exact) mass is 302 g/mol. The molecule has 98 valence electrons. The van der Waals surface area contributed by atoms with Gasteiger partial charge in [0.2, 0.25) is 0 Å². The van der Waals surface area contributed by atoms with Crippen molar-refractivity contribution >= 4 is 34.0 Å². The van der Waals surface area contributed by atoms with Crippen LogP contribution in [0.15, 0.2) is 35.0 Å². The summed E-state index contributed by atoms with van der Waals surface area (Å²) in [5, 5.41) is 4.04. The largest absolute Gasteiger partial charge is 0.304 e. The summed E-state index contributed by atoms with van der Waals surface area (Å²) in [6.45, 7) is 0.845. The van der Waals surface area contributed by atoms with E-state index in [1.54, 1.807) is 22.7 Å². The van der Waals surface area contributed by atoms with Crippen LogP contribution in [0.25, 0.3) is 0 Å².